The molecule has 3 nitrogen and oxygen atoms in total. The normalized spacial score (nSPS) is 19.5. The Labute approximate surface area is 106 Å². The van der Waals surface area contributed by atoms with Gasteiger partial charge in [0.1, 0.15) is 0 Å². The van der Waals surface area contributed by atoms with Crippen LogP contribution in [0.2, 0.25) is 0 Å². The summed E-state index contributed by atoms with van der Waals surface area (Å²) in [5.41, 5.74) is 0.157. The van der Waals surface area contributed by atoms with E-state index in [0.717, 1.165) is 19.5 Å². The number of nitriles is 1. The Morgan fingerprint density at radius 2 is 1.88 bits per heavy atom. The second kappa shape index (κ2) is 5.84. The zero-order chi connectivity index (χ0) is 12.9. The van der Waals surface area contributed by atoms with Gasteiger partial charge in [0, 0.05) is 12.1 Å². The van der Waals surface area contributed by atoms with Gasteiger partial charge in [0.2, 0.25) is 0 Å². The molecule has 0 bridgehead atoms. The van der Waals surface area contributed by atoms with Crippen molar-refractivity contribution in [3.63, 3.8) is 0 Å². The largest absolute Gasteiger partial charge is 0.315 e. The van der Waals surface area contributed by atoms with Crippen molar-refractivity contribution in [1.29, 1.82) is 5.26 Å². The molecule has 1 fully saturated rings. The van der Waals surface area contributed by atoms with E-state index in [1.54, 1.807) is 0 Å². The van der Waals surface area contributed by atoms with E-state index in [9.17, 15) is 0 Å². The summed E-state index contributed by atoms with van der Waals surface area (Å²) in [5, 5.41) is 12.5. The molecule has 98 valence electrons. The van der Waals surface area contributed by atoms with Crippen LogP contribution in [-0.2, 0) is 0 Å². The summed E-state index contributed by atoms with van der Waals surface area (Å²) in [4.78, 5) is 2.38. The van der Waals surface area contributed by atoms with E-state index in [0.29, 0.717) is 5.54 Å². The van der Waals surface area contributed by atoms with Crippen molar-refractivity contribution in [3.05, 3.63) is 0 Å². The third kappa shape index (κ3) is 3.97. The van der Waals surface area contributed by atoms with Gasteiger partial charge in [-0.05, 0) is 53.8 Å². The molecule has 17 heavy (non-hydrogen) atoms. The second-order valence-electron chi connectivity index (χ2n) is 6.25. The molecule has 1 aliphatic carbocycles. The Morgan fingerprint density at radius 3 is 2.35 bits per heavy atom. The van der Waals surface area contributed by atoms with E-state index in [2.05, 4.69) is 30.4 Å². The fourth-order valence-corrected chi connectivity index (χ4v) is 2.59. The summed E-state index contributed by atoms with van der Waals surface area (Å²) < 4.78 is 0. The topological polar surface area (TPSA) is 39.1 Å². The average molecular weight is 237 g/mol. The molecule has 1 aliphatic rings. The van der Waals surface area contributed by atoms with E-state index in [1.165, 1.54) is 25.7 Å². The number of hydrogen-bond donors (Lipinski definition) is 1. The van der Waals surface area contributed by atoms with Crippen molar-refractivity contribution in [2.24, 2.45) is 5.41 Å². The van der Waals surface area contributed by atoms with Crippen molar-refractivity contribution in [2.45, 2.75) is 51.5 Å². The summed E-state index contributed by atoms with van der Waals surface area (Å²) in [7, 11) is 4.37. The predicted molar refractivity (Wildman–Crippen MR) is 71.8 cm³/mol. The lowest BCUT2D eigenvalue weighted by molar-refractivity contribution is 0.153. The molecule has 0 unspecified atom stereocenters. The minimum Gasteiger partial charge on any atom is -0.315 e. The van der Waals surface area contributed by atoms with E-state index in [-0.39, 0.29) is 5.41 Å². The Hall–Kier alpha value is -0.590. The van der Waals surface area contributed by atoms with Gasteiger partial charge < -0.3 is 10.2 Å². The maximum absolute atomic E-state index is 8.96. The first-order valence-electron chi connectivity index (χ1n) is 6.71. The Kier molecular flexibility index (Phi) is 4.97. The van der Waals surface area contributed by atoms with Crippen molar-refractivity contribution < 1.29 is 0 Å². The molecule has 0 aromatic rings. The van der Waals surface area contributed by atoms with Gasteiger partial charge in [-0.2, -0.15) is 5.26 Å². The smallest absolute Gasteiger partial charge is 0.0684 e. The lowest BCUT2D eigenvalue weighted by Crippen LogP contribution is -2.49. The Bertz CT molecular complexity index is 270. The highest BCUT2D eigenvalue weighted by molar-refractivity contribution is 4.95. The van der Waals surface area contributed by atoms with Gasteiger partial charge in [0.15, 0.2) is 0 Å². The third-order valence-corrected chi connectivity index (χ3v) is 4.17. The quantitative estimate of drug-likeness (QED) is 0.721. The Morgan fingerprint density at radius 1 is 1.29 bits per heavy atom. The number of hydrogen-bond acceptors (Lipinski definition) is 3. The number of rotatable bonds is 6. The molecule has 0 aliphatic heterocycles. The number of likely N-dealkylation sites (N-methyl/N-ethyl adjacent to an activating group) is 1. The highest BCUT2D eigenvalue weighted by atomic mass is 15.2. The maximum atomic E-state index is 8.96. The highest BCUT2D eigenvalue weighted by Gasteiger charge is 2.35. The summed E-state index contributed by atoms with van der Waals surface area (Å²) in [6.07, 6.45) is 6.23. The van der Waals surface area contributed by atoms with Crippen molar-refractivity contribution in [3.8, 4) is 6.07 Å². The molecule has 1 saturated carbocycles. The lowest BCUT2D eigenvalue weighted by Gasteiger charge is -2.37. The van der Waals surface area contributed by atoms with Crippen LogP contribution in [0, 0.1) is 16.7 Å². The molecule has 0 aromatic heterocycles. The summed E-state index contributed by atoms with van der Waals surface area (Å²) >= 11 is 0. The fraction of sp³-hybridized carbons (Fsp3) is 0.929. The van der Waals surface area contributed by atoms with Crippen LogP contribution in [0.3, 0.4) is 0 Å². The molecule has 0 saturated heterocycles. The zero-order valence-electron chi connectivity index (χ0n) is 11.8. The summed E-state index contributed by atoms with van der Waals surface area (Å²) in [6.45, 7) is 6.01. The monoisotopic (exact) mass is 237 g/mol. The molecule has 1 N–H and O–H groups in total. The highest BCUT2D eigenvalue weighted by Crippen LogP contribution is 2.33. The molecule has 0 spiro atoms. The van der Waals surface area contributed by atoms with Gasteiger partial charge in [-0.15, -0.1) is 0 Å². The number of nitrogens with zero attached hydrogens (tertiary/aromatic N) is 2. The van der Waals surface area contributed by atoms with Gasteiger partial charge in [0.25, 0.3) is 0 Å². The average Bonchev–Trinajstić information content (AvgIpc) is 2.74. The molecule has 0 atom stereocenters. The van der Waals surface area contributed by atoms with Crippen LogP contribution >= 0.6 is 0 Å². The predicted octanol–water partition coefficient (Wildman–Crippen LogP) is 2.39. The summed E-state index contributed by atoms with van der Waals surface area (Å²) in [6, 6.07) is 2.35. The van der Waals surface area contributed by atoms with E-state index >= 15 is 0 Å². The molecular formula is C14H27N3. The maximum Gasteiger partial charge on any atom is 0.0684 e. The fourth-order valence-electron chi connectivity index (χ4n) is 2.59. The lowest BCUT2D eigenvalue weighted by atomic mass is 9.91. The summed E-state index contributed by atoms with van der Waals surface area (Å²) in [5.74, 6) is 0. The minimum atomic E-state index is -0.200. The molecule has 3 heteroatoms. The van der Waals surface area contributed by atoms with Gasteiger partial charge >= 0.3 is 0 Å². The van der Waals surface area contributed by atoms with Gasteiger partial charge in [-0.3, -0.25) is 0 Å². The van der Waals surface area contributed by atoms with E-state index in [4.69, 9.17) is 5.26 Å². The SMILES string of the molecule is CN(C)C1(CNCCC(C)(C)C#N)CCCC1. The van der Waals surface area contributed by atoms with Crippen LogP contribution in [0.5, 0.6) is 0 Å². The van der Waals surface area contributed by atoms with E-state index < -0.39 is 0 Å². The van der Waals surface area contributed by atoms with Crippen LogP contribution in [0.4, 0.5) is 0 Å². The third-order valence-electron chi connectivity index (χ3n) is 4.17. The molecule has 0 aromatic carbocycles. The first-order valence-corrected chi connectivity index (χ1v) is 6.71. The molecule has 0 radical (unpaired) electrons. The van der Waals surface area contributed by atoms with Gasteiger partial charge in [-0.1, -0.05) is 12.8 Å². The van der Waals surface area contributed by atoms with Crippen LogP contribution in [0.15, 0.2) is 0 Å². The van der Waals surface area contributed by atoms with Crippen LogP contribution in [0.1, 0.15) is 46.0 Å². The zero-order valence-corrected chi connectivity index (χ0v) is 11.8. The van der Waals surface area contributed by atoms with E-state index in [1.807, 2.05) is 13.8 Å². The molecular weight excluding hydrogens is 210 g/mol. The van der Waals surface area contributed by atoms with Crippen molar-refractivity contribution in [2.75, 3.05) is 27.2 Å². The first-order chi connectivity index (χ1) is 7.92. The molecule has 0 amide bonds. The second-order valence-corrected chi connectivity index (χ2v) is 6.25. The van der Waals surface area contributed by atoms with Crippen molar-refractivity contribution >= 4 is 0 Å². The first kappa shape index (κ1) is 14.5. The molecule has 0 heterocycles. The molecule has 1 rings (SSSR count). The van der Waals surface area contributed by atoms with Gasteiger partial charge in [-0.25, -0.2) is 0 Å². The Balaban J connectivity index is 2.32. The standard InChI is InChI=1S/C14H27N3/c1-13(2,11-15)9-10-16-12-14(17(3)4)7-5-6-8-14/h16H,5-10,12H2,1-4H3. The van der Waals surface area contributed by atoms with Crippen LogP contribution in [-0.4, -0.2) is 37.6 Å². The van der Waals surface area contributed by atoms with Crippen molar-refractivity contribution in [1.82, 2.24) is 10.2 Å². The van der Waals surface area contributed by atoms with Gasteiger partial charge in [0.05, 0.1) is 11.5 Å². The number of nitrogens with one attached hydrogen (secondary N) is 1. The van der Waals surface area contributed by atoms with Crippen LogP contribution in [0.25, 0.3) is 0 Å². The van der Waals surface area contributed by atoms with Crippen LogP contribution < -0.4 is 5.32 Å². The minimum absolute atomic E-state index is 0.200.